The average Bonchev–Trinajstić information content (AvgIpc) is 3.45. The van der Waals surface area contributed by atoms with Crippen molar-refractivity contribution in [2.45, 2.75) is 6.54 Å². The zero-order valence-corrected chi connectivity index (χ0v) is 18.8. The molecule has 0 unspecified atom stereocenters. The maximum Gasteiger partial charge on any atom is 0.280 e. The molecule has 0 aliphatic carbocycles. The number of pyridine rings is 1. The van der Waals surface area contributed by atoms with Crippen molar-refractivity contribution >= 4 is 49.7 Å². The summed E-state index contributed by atoms with van der Waals surface area (Å²) in [5.74, 6) is -0.684. The van der Waals surface area contributed by atoms with Gasteiger partial charge in [-0.1, -0.05) is 35.6 Å². The van der Waals surface area contributed by atoms with Gasteiger partial charge in [-0.05, 0) is 41.8 Å². The van der Waals surface area contributed by atoms with E-state index in [9.17, 15) is 9.18 Å². The summed E-state index contributed by atoms with van der Waals surface area (Å²) >= 11 is 2.85. The first-order chi connectivity index (χ1) is 15.6. The summed E-state index contributed by atoms with van der Waals surface area (Å²) in [5.41, 5.74) is 2.78. The Morgan fingerprint density at radius 1 is 1.16 bits per heavy atom. The summed E-state index contributed by atoms with van der Waals surface area (Å²) in [6, 6.07) is 17.9. The normalized spacial score (nSPS) is 12.1. The third-order valence-electron chi connectivity index (χ3n) is 5.08. The molecule has 0 radical (unpaired) electrons. The molecule has 0 atom stereocenters. The minimum Gasteiger partial charge on any atom is -0.383 e. The fraction of sp³-hybridized carbons (Fsp3) is 0.125. The number of aromatic nitrogens is 2. The molecule has 0 fully saturated rings. The summed E-state index contributed by atoms with van der Waals surface area (Å²) in [5, 5.41) is 2.73. The number of methoxy groups -OCH3 is 1. The highest BCUT2D eigenvalue weighted by Crippen LogP contribution is 2.28. The number of fused-ring (bicyclic) bond motifs is 2. The van der Waals surface area contributed by atoms with Crippen molar-refractivity contribution in [1.29, 1.82) is 0 Å². The van der Waals surface area contributed by atoms with Gasteiger partial charge in [0.05, 0.1) is 38.5 Å². The van der Waals surface area contributed by atoms with Gasteiger partial charge in [0, 0.05) is 19.0 Å². The lowest BCUT2D eigenvalue weighted by atomic mass is 10.1. The molecule has 8 heteroatoms. The predicted octanol–water partition coefficient (Wildman–Crippen LogP) is 5.51. The van der Waals surface area contributed by atoms with Gasteiger partial charge in [0.15, 0.2) is 4.80 Å². The number of para-hydroxylation sites is 1. The third-order valence-corrected chi connectivity index (χ3v) is 7.01. The zero-order valence-electron chi connectivity index (χ0n) is 17.1. The second kappa shape index (κ2) is 8.74. The molecule has 0 saturated heterocycles. The summed E-state index contributed by atoms with van der Waals surface area (Å²) < 4.78 is 21.6. The molecule has 160 valence electrons. The first kappa shape index (κ1) is 20.7. The van der Waals surface area contributed by atoms with Crippen molar-refractivity contribution in [3.63, 3.8) is 0 Å². The van der Waals surface area contributed by atoms with Crippen molar-refractivity contribution < 1.29 is 13.9 Å². The fourth-order valence-electron chi connectivity index (χ4n) is 3.58. The van der Waals surface area contributed by atoms with E-state index in [1.807, 2.05) is 46.3 Å². The van der Waals surface area contributed by atoms with Crippen LogP contribution in [0.25, 0.3) is 31.7 Å². The Balaban J connectivity index is 1.69. The van der Waals surface area contributed by atoms with Crippen LogP contribution in [0.15, 0.2) is 71.0 Å². The van der Waals surface area contributed by atoms with Gasteiger partial charge in [0.2, 0.25) is 0 Å². The number of halogens is 1. The number of hydrogen-bond donors (Lipinski definition) is 0. The molecule has 0 bridgehead atoms. The quantitative estimate of drug-likeness (QED) is 0.346. The van der Waals surface area contributed by atoms with E-state index in [2.05, 4.69) is 4.99 Å². The van der Waals surface area contributed by atoms with Crippen LogP contribution >= 0.6 is 22.7 Å². The number of amides is 1. The maximum atomic E-state index is 13.8. The Hall–Kier alpha value is -3.20. The highest BCUT2D eigenvalue weighted by Gasteiger charge is 2.15. The van der Waals surface area contributed by atoms with Gasteiger partial charge in [-0.3, -0.25) is 4.79 Å². The van der Waals surface area contributed by atoms with E-state index in [1.165, 1.54) is 23.5 Å². The van der Waals surface area contributed by atoms with E-state index in [-0.39, 0.29) is 11.7 Å². The van der Waals surface area contributed by atoms with Gasteiger partial charge in [-0.2, -0.15) is 4.99 Å². The van der Waals surface area contributed by atoms with Crippen molar-refractivity contribution in [1.82, 2.24) is 9.55 Å². The average molecular weight is 464 g/mol. The van der Waals surface area contributed by atoms with Crippen LogP contribution < -0.4 is 4.80 Å². The van der Waals surface area contributed by atoms with Crippen LogP contribution in [0.3, 0.4) is 0 Å². The number of hydrogen-bond acceptors (Lipinski definition) is 5. The Morgan fingerprint density at radius 3 is 2.84 bits per heavy atom. The first-order valence-corrected chi connectivity index (χ1v) is 11.6. The van der Waals surface area contributed by atoms with Crippen LogP contribution in [0.5, 0.6) is 0 Å². The first-order valence-electron chi connectivity index (χ1n) is 9.94. The molecule has 5 aromatic rings. The molecule has 0 N–H and O–H groups in total. The molecular weight excluding hydrogens is 445 g/mol. The standard InChI is InChI=1S/C24H18FN3O2S2/c1-30-11-10-28-20-9-8-15(25)13-22(20)32-24(28)27-23(29)17-14-19(21-7-4-12-31-21)26-18-6-3-2-5-16(17)18/h2-9,12-14H,10-11H2,1H3. The number of nitrogens with zero attached hydrogens (tertiary/aromatic N) is 3. The monoisotopic (exact) mass is 463 g/mol. The minimum atomic E-state index is -0.361. The maximum absolute atomic E-state index is 13.8. The molecule has 1 amide bonds. The van der Waals surface area contributed by atoms with E-state index in [0.29, 0.717) is 23.5 Å². The number of rotatable bonds is 5. The minimum absolute atomic E-state index is 0.323. The third kappa shape index (κ3) is 3.88. The second-order valence-corrected chi connectivity index (χ2v) is 9.06. The number of benzene rings is 2. The summed E-state index contributed by atoms with van der Waals surface area (Å²) in [6.07, 6.45) is 0. The van der Waals surface area contributed by atoms with Gasteiger partial charge >= 0.3 is 0 Å². The molecule has 5 rings (SSSR count). The van der Waals surface area contributed by atoms with Gasteiger partial charge in [-0.15, -0.1) is 11.3 Å². The van der Waals surface area contributed by atoms with Gasteiger partial charge in [-0.25, -0.2) is 9.37 Å². The van der Waals surface area contributed by atoms with E-state index in [0.717, 1.165) is 31.7 Å². The van der Waals surface area contributed by atoms with Crippen LogP contribution in [-0.2, 0) is 11.3 Å². The Bertz CT molecular complexity index is 1500. The number of thiophene rings is 1. The van der Waals surface area contributed by atoms with E-state index in [1.54, 1.807) is 30.6 Å². The van der Waals surface area contributed by atoms with Gasteiger partial charge < -0.3 is 9.30 Å². The SMILES string of the molecule is COCCn1c(=NC(=O)c2cc(-c3cccs3)nc3ccccc23)sc2cc(F)ccc21. The molecule has 0 saturated carbocycles. The largest absolute Gasteiger partial charge is 0.383 e. The van der Waals surface area contributed by atoms with Crippen molar-refractivity contribution in [2.75, 3.05) is 13.7 Å². The van der Waals surface area contributed by atoms with Crippen LogP contribution in [-0.4, -0.2) is 29.2 Å². The second-order valence-electron chi connectivity index (χ2n) is 7.11. The Kier molecular flexibility index (Phi) is 5.65. The molecule has 0 spiro atoms. The van der Waals surface area contributed by atoms with Crippen molar-refractivity contribution in [2.24, 2.45) is 4.99 Å². The predicted molar refractivity (Wildman–Crippen MR) is 127 cm³/mol. The molecular formula is C24H18FN3O2S2. The lowest BCUT2D eigenvalue weighted by Gasteiger charge is -2.07. The Labute approximate surface area is 191 Å². The highest BCUT2D eigenvalue weighted by atomic mass is 32.1. The molecule has 5 nitrogen and oxygen atoms in total. The lowest BCUT2D eigenvalue weighted by Crippen LogP contribution is -2.19. The van der Waals surface area contributed by atoms with Crippen LogP contribution in [0.1, 0.15) is 10.4 Å². The van der Waals surface area contributed by atoms with Crippen molar-refractivity contribution in [3.8, 4) is 10.6 Å². The number of thiazole rings is 1. The summed E-state index contributed by atoms with van der Waals surface area (Å²) in [4.78, 5) is 24.1. The molecule has 0 aliphatic heterocycles. The molecule has 32 heavy (non-hydrogen) atoms. The van der Waals surface area contributed by atoms with Crippen LogP contribution in [0.2, 0.25) is 0 Å². The number of carbonyl (C=O) groups excluding carboxylic acids is 1. The topological polar surface area (TPSA) is 56.5 Å². The number of ether oxygens (including phenoxy) is 1. The molecule has 3 aromatic heterocycles. The van der Waals surface area contributed by atoms with Gasteiger partial charge in [0.1, 0.15) is 5.82 Å². The number of carbonyl (C=O) groups is 1. The fourth-order valence-corrected chi connectivity index (χ4v) is 5.35. The van der Waals surface area contributed by atoms with Crippen LogP contribution in [0, 0.1) is 5.82 Å². The Morgan fingerprint density at radius 2 is 2.03 bits per heavy atom. The van der Waals surface area contributed by atoms with Crippen LogP contribution in [0.4, 0.5) is 4.39 Å². The summed E-state index contributed by atoms with van der Waals surface area (Å²) in [6.45, 7) is 0.955. The molecule has 0 aliphatic rings. The smallest absolute Gasteiger partial charge is 0.280 e. The van der Waals surface area contributed by atoms with E-state index in [4.69, 9.17) is 9.72 Å². The highest BCUT2D eigenvalue weighted by molar-refractivity contribution is 7.16. The summed E-state index contributed by atoms with van der Waals surface area (Å²) in [7, 11) is 1.62. The van der Waals surface area contributed by atoms with E-state index >= 15 is 0 Å². The van der Waals surface area contributed by atoms with Crippen molar-refractivity contribution in [3.05, 3.63) is 82.2 Å². The molecule has 2 aromatic carbocycles. The van der Waals surface area contributed by atoms with E-state index < -0.39 is 0 Å². The lowest BCUT2D eigenvalue weighted by molar-refractivity contribution is 0.0999. The zero-order chi connectivity index (χ0) is 22.1. The van der Waals surface area contributed by atoms with Gasteiger partial charge in [0.25, 0.3) is 5.91 Å². The molecule has 3 heterocycles.